The van der Waals surface area contributed by atoms with Crippen molar-refractivity contribution < 1.29 is 9.53 Å². The molecule has 0 saturated heterocycles. The number of amides is 1. The third kappa shape index (κ3) is 4.56. The lowest BCUT2D eigenvalue weighted by Crippen LogP contribution is -2.25. The molecular formula is C17H14ClN3O2. The zero-order chi connectivity index (χ0) is 16.7. The summed E-state index contributed by atoms with van der Waals surface area (Å²) in [5.74, 6) is -0.0684. The van der Waals surface area contributed by atoms with E-state index in [0.29, 0.717) is 22.0 Å². The molecule has 6 heteroatoms. The molecule has 0 fully saturated rings. The molecule has 0 radical (unpaired) electrons. The Morgan fingerprint density at radius 1 is 1.26 bits per heavy atom. The van der Waals surface area contributed by atoms with E-state index in [9.17, 15) is 4.79 Å². The third-order valence-electron chi connectivity index (χ3n) is 2.98. The third-order valence-corrected chi connectivity index (χ3v) is 3.31. The SMILES string of the molecule is C/C(=N/NC(=O)COc1ccccc1C#N)c1ccccc1Cl. The Morgan fingerprint density at radius 2 is 1.96 bits per heavy atom. The molecule has 0 aliphatic heterocycles. The van der Waals surface area contributed by atoms with Gasteiger partial charge in [0.05, 0.1) is 11.3 Å². The standard InChI is InChI=1S/C17H14ClN3O2/c1-12(14-7-3-4-8-15(14)18)20-21-17(22)11-23-16-9-5-2-6-13(16)10-19/h2-9H,11H2,1H3,(H,21,22)/b20-12-. The summed E-state index contributed by atoms with van der Waals surface area (Å²) < 4.78 is 5.32. The van der Waals surface area contributed by atoms with E-state index in [0.717, 1.165) is 5.56 Å². The van der Waals surface area contributed by atoms with Crippen LogP contribution >= 0.6 is 11.6 Å². The van der Waals surface area contributed by atoms with Crippen LogP contribution in [-0.4, -0.2) is 18.2 Å². The number of hydrogen-bond acceptors (Lipinski definition) is 4. The van der Waals surface area contributed by atoms with Crippen molar-refractivity contribution in [1.29, 1.82) is 5.26 Å². The molecule has 0 heterocycles. The van der Waals surface area contributed by atoms with Gasteiger partial charge in [-0.1, -0.05) is 41.9 Å². The van der Waals surface area contributed by atoms with Gasteiger partial charge in [0.1, 0.15) is 11.8 Å². The van der Waals surface area contributed by atoms with Crippen LogP contribution in [0.25, 0.3) is 0 Å². The van der Waals surface area contributed by atoms with Gasteiger partial charge in [0, 0.05) is 10.6 Å². The molecule has 1 amide bonds. The molecule has 0 aromatic heterocycles. The van der Waals surface area contributed by atoms with Crippen molar-refractivity contribution in [3.05, 3.63) is 64.7 Å². The van der Waals surface area contributed by atoms with Gasteiger partial charge in [0.25, 0.3) is 5.91 Å². The van der Waals surface area contributed by atoms with Gasteiger partial charge in [-0.25, -0.2) is 5.43 Å². The van der Waals surface area contributed by atoms with Crippen molar-refractivity contribution in [2.45, 2.75) is 6.92 Å². The van der Waals surface area contributed by atoms with Gasteiger partial charge in [-0.3, -0.25) is 4.79 Å². The van der Waals surface area contributed by atoms with E-state index in [4.69, 9.17) is 21.6 Å². The topological polar surface area (TPSA) is 74.5 Å². The van der Waals surface area contributed by atoms with Crippen molar-refractivity contribution in [2.75, 3.05) is 6.61 Å². The smallest absolute Gasteiger partial charge is 0.277 e. The number of nitrogens with zero attached hydrogens (tertiary/aromatic N) is 2. The minimum Gasteiger partial charge on any atom is -0.482 e. The van der Waals surface area contributed by atoms with Crippen LogP contribution in [0.1, 0.15) is 18.1 Å². The first-order valence-electron chi connectivity index (χ1n) is 6.81. The molecular weight excluding hydrogens is 314 g/mol. The first-order chi connectivity index (χ1) is 11.1. The summed E-state index contributed by atoms with van der Waals surface area (Å²) in [6, 6.07) is 15.9. The van der Waals surface area contributed by atoms with Crippen LogP contribution in [0.15, 0.2) is 53.6 Å². The van der Waals surface area contributed by atoms with Crippen LogP contribution in [-0.2, 0) is 4.79 Å². The van der Waals surface area contributed by atoms with E-state index >= 15 is 0 Å². The van der Waals surface area contributed by atoms with Crippen LogP contribution in [0, 0.1) is 11.3 Å². The average molecular weight is 328 g/mol. The highest BCUT2D eigenvalue weighted by atomic mass is 35.5. The van der Waals surface area contributed by atoms with Gasteiger partial charge in [-0.15, -0.1) is 0 Å². The van der Waals surface area contributed by atoms with Crippen LogP contribution in [0.3, 0.4) is 0 Å². The number of halogens is 1. The van der Waals surface area contributed by atoms with E-state index in [1.165, 1.54) is 0 Å². The normalized spacial score (nSPS) is 10.7. The molecule has 5 nitrogen and oxygen atoms in total. The van der Waals surface area contributed by atoms with E-state index < -0.39 is 5.91 Å². The summed E-state index contributed by atoms with van der Waals surface area (Å²) >= 11 is 6.06. The van der Waals surface area contributed by atoms with Gasteiger partial charge >= 0.3 is 0 Å². The first kappa shape index (κ1) is 16.5. The highest BCUT2D eigenvalue weighted by Crippen LogP contribution is 2.16. The summed E-state index contributed by atoms with van der Waals surface area (Å²) in [7, 11) is 0. The largest absolute Gasteiger partial charge is 0.482 e. The van der Waals surface area contributed by atoms with Crippen molar-refractivity contribution in [2.24, 2.45) is 5.10 Å². The number of hydrogen-bond donors (Lipinski definition) is 1. The number of carbonyl (C=O) groups excluding carboxylic acids is 1. The predicted octanol–water partition coefficient (Wildman–Crippen LogP) is 3.13. The van der Waals surface area contributed by atoms with Crippen molar-refractivity contribution >= 4 is 23.2 Å². The van der Waals surface area contributed by atoms with E-state index in [1.54, 1.807) is 37.3 Å². The summed E-state index contributed by atoms with van der Waals surface area (Å²) in [4.78, 5) is 11.8. The van der Waals surface area contributed by atoms with Gasteiger partial charge in [-0.05, 0) is 25.1 Å². The molecule has 2 aromatic carbocycles. The maximum atomic E-state index is 11.8. The lowest BCUT2D eigenvalue weighted by molar-refractivity contribution is -0.123. The summed E-state index contributed by atoms with van der Waals surface area (Å²) in [5, 5.41) is 13.5. The molecule has 0 atom stereocenters. The number of ether oxygens (including phenoxy) is 1. The number of benzene rings is 2. The van der Waals surface area contributed by atoms with Crippen molar-refractivity contribution in [1.82, 2.24) is 5.43 Å². The van der Waals surface area contributed by atoms with E-state index in [-0.39, 0.29) is 6.61 Å². The van der Waals surface area contributed by atoms with Gasteiger partial charge < -0.3 is 4.74 Å². The molecule has 0 aliphatic rings. The zero-order valence-corrected chi connectivity index (χ0v) is 13.2. The molecule has 23 heavy (non-hydrogen) atoms. The molecule has 0 aliphatic carbocycles. The second kappa shape index (κ2) is 7.97. The minimum atomic E-state index is -0.427. The van der Waals surface area contributed by atoms with Crippen molar-refractivity contribution in [3.63, 3.8) is 0 Å². The Bertz CT molecular complexity index is 781. The number of nitriles is 1. The number of carbonyl (C=O) groups is 1. The van der Waals surface area contributed by atoms with E-state index in [2.05, 4.69) is 10.5 Å². The van der Waals surface area contributed by atoms with Crippen molar-refractivity contribution in [3.8, 4) is 11.8 Å². The fourth-order valence-electron chi connectivity index (χ4n) is 1.82. The molecule has 1 N–H and O–H groups in total. The molecule has 2 aromatic rings. The minimum absolute atomic E-state index is 0.238. The fourth-order valence-corrected chi connectivity index (χ4v) is 2.09. The predicted molar refractivity (Wildman–Crippen MR) is 88.5 cm³/mol. The maximum absolute atomic E-state index is 11.8. The van der Waals surface area contributed by atoms with Crippen LogP contribution < -0.4 is 10.2 Å². The second-order valence-electron chi connectivity index (χ2n) is 4.61. The molecule has 0 saturated carbocycles. The Hall–Kier alpha value is -2.84. The van der Waals surface area contributed by atoms with Gasteiger partial charge in [-0.2, -0.15) is 10.4 Å². The quantitative estimate of drug-likeness (QED) is 0.677. The number of rotatable bonds is 5. The van der Waals surface area contributed by atoms with Crippen LogP contribution in [0.2, 0.25) is 5.02 Å². The summed E-state index contributed by atoms with van der Waals surface area (Å²) in [6.07, 6.45) is 0. The number of para-hydroxylation sites is 1. The average Bonchev–Trinajstić information content (AvgIpc) is 2.58. The number of hydrazone groups is 1. The number of nitrogens with one attached hydrogen (secondary N) is 1. The lowest BCUT2D eigenvalue weighted by Gasteiger charge is -2.07. The summed E-state index contributed by atoms with van der Waals surface area (Å²) in [6.45, 7) is 1.51. The lowest BCUT2D eigenvalue weighted by atomic mass is 10.1. The van der Waals surface area contributed by atoms with Gasteiger partial charge in [0.2, 0.25) is 0 Å². The fraction of sp³-hybridized carbons (Fsp3) is 0.118. The second-order valence-corrected chi connectivity index (χ2v) is 5.02. The zero-order valence-electron chi connectivity index (χ0n) is 12.4. The Morgan fingerprint density at radius 3 is 2.70 bits per heavy atom. The molecule has 0 unspecified atom stereocenters. The van der Waals surface area contributed by atoms with Crippen LogP contribution in [0.5, 0.6) is 5.75 Å². The molecule has 0 spiro atoms. The highest BCUT2D eigenvalue weighted by Gasteiger charge is 2.07. The maximum Gasteiger partial charge on any atom is 0.277 e. The molecule has 0 bridgehead atoms. The van der Waals surface area contributed by atoms with Crippen LogP contribution in [0.4, 0.5) is 0 Å². The molecule has 2 rings (SSSR count). The Labute approximate surface area is 139 Å². The summed E-state index contributed by atoms with van der Waals surface area (Å²) in [5.41, 5.74) is 4.10. The Balaban J connectivity index is 1.94. The monoisotopic (exact) mass is 327 g/mol. The highest BCUT2D eigenvalue weighted by molar-refractivity contribution is 6.34. The molecule has 116 valence electrons. The van der Waals surface area contributed by atoms with Gasteiger partial charge in [0.15, 0.2) is 6.61 Å². The Kier molecular flexibility index (Phi) is 5.73. The van der Waals surface area contributed by atoms with E-state index in [1.807, 2.05) is 24.3 Å². The first-order valence-corrected chi connectivity index (χ1v) is 7.19.